The van der Waals surface area contributed by atoms with Crippen LogP contribution in [0.1, 0.15) is 5.56 Å². The lowest BCUT2D eigenvalue weighted by Gasteiger charge is -2.03. The van der Waals surface area contributed by atoms with Crippen molar-refractivity contribution >= 4 is 0 Å². The second kappa shape index (κ2) is 3.46. The zero-order valence-corrected chi connectivity index (χ0v) is 7.94. The van der Waals surface area contributed by atoms with Crippen molar-refractivity contribution in [3.8, 4) is 5.69 Å². The van der Waals surface area contributed by atoms with Crippen LogP contribution >= 0.6 is 0 Å². The van der Waals surface area contributed by atoms with E-state index in [1.54, 1.807) is 16.9 Å². The first-order valence-electron chi connectivity index (χ1n) is 4.42. The van der Waals surface area contributed by atoms with Gasteiger partial charge in [0, 0.05) is 6.20 Å². The fraction of sp³-hybridized carbons (Fsp3) is 0.0909. The summed E-state index contributed by atoms with van der Waals surface area (Å²) in [6.45, 7) is 2.05. The summed E-state index contributed by atoms with van der Waals surface area (Å²) in [5.74, 6) is 0. The van der Waals surface area contributed by atoms with Crippen LogP contribution in [0, 0.1) is 12.3 Å². The number of rotatable bonds is 1. The zero-order chi connectivity index (χ0) is 9.97. The Kier molecular flexibility index (Phi) is 2.14. The molecule has 1 N–H and O–H groups in total. The van der Waals surface area contributed by atoms with E-state index in [1.165, 1.54) is 11.8 Å². The Morgan fingerprint density at radius 1 is 1.14 bits per heavy atom. The van der Waals surface area contributed by atoms with Crippen LogP contribution < -0.4 is 5.36 Å². The lowest BCUT2D eigenvalue weighted by atomic mass is 10.2. The van der Waals surface area contributed by atoms with Gasteiger partial charge in [-0.3, -0.25) is 5.41 Å². The van der Waals surface area contributed by atoms with Gasteiger partial charge in [-0.05, 0) is 25.1 Å². The third-order valence-electron chi connectivity index (χ3n) is 2.02. The van der Waals surface area contributed by atoms with Crippen LogP contribution in [0.5, 0.6) is 0 Å². The maximum absolute atomic E-state index is 7.31. The number of aryl methyl sites for hydroxylation is 1. The van der Waals surface area contributed by atoms with Crippen molar-refractivity contribution in [2.24, 2.45) is 0 Å². The lowest BCUT2D eigenvalue weighted by Crippen LogP contribution is -2.06. The number of nitrogens with zero attached hydrogens (tertiary/aromatic N) is 2. The molecular formula is C11H11N3. The Bertz CT molecular complexity index is 462. The average Bonchev–Trinajstić information content (AvgIpc) is 2.21. The van der Waals surface area contributed by atoms with Crippen LogP contribution in [0.4, 0.5) is 0 Å². The average molecular weight is 185 g/mol. The van der Waals surface area contributed by atoms with E-state index in [2.05, 4.69) is 12.0 Å². The monoisotopic (exact) mass is 185 g/mol. The molecule has 0 unspecified atom stereocenters. The predicted octanol–water partition coefficient (Wildman–Crippen LogP) is 1.66. The first kappa shape index (κ1) is 8.69. The summed E-state index contributed by atoms with van der Waals surface area (Å²) in [6, 6.07) is 9.81. The molecule has 0 aliphatic carbocycles. The Hall–Kier alpha value is -1.90. The highest BCUT2D eigenvalue weighted by atomic mass is 15.3. The maximum Gasteiger partial charge on any atom is 0.0756 e. The highest BCUT2D eigenvalue weighted by Gasteiger charge is 1.93. The van der Waals surface area contributed by atoms with E-state index in [-0.39, 0.29) is 0 Å². The standard InChI is InChI=1S/C11H11N3/c1-9-2-4-11(5-3-9)14-7-6-10(12)8-13-14/h2-8,12H,1H3. The van der Waals surface area contributed by atoms with E-state index in [9.17, 15) is 0 Å². The second-order valence-electron chi connectivity index (χ2n) is 3.20. The molecule has 3 nitrogen and oxygen atoms in total. The minimum absolute atomic E-state index is 0.424. The molecule has 0 fully saturated rings. The maximum atomic E-state index is 7.31. The van der Waals surface area contributed by atoms with Gasteiger partial charge in [0.2, 0.25) is 0 Å². The van der Waals surface area contributed by atoms with Crippen LogP contribution in [0.2, 0.25) is 0 Å². The molecule has 0 spiro atoms. The van der Waals surface area contributed by atoms with Crippen LogP contribution in [0.25, 0.3) is 5.69 Å². The molecule has 2 aromatic rings. The van der Waals surface area contributed by atoms with Gasteiger partial charge in [0.25, 0.3) is 0 Å². The molecule has 1 heterocycles. The van der Waals surface area contributed by atoms with Gasteiger partial charge >= 0.3 is 0 Å². The van der Waals surface area contributed by atoms with Crippen LogP contribution in [-0.4, -0.2) is 9.78 Å². The minimum Gasteiger partial charge on any atom is -0.299 e. The van der Waals surface area contributed by atoms with E-state index in [0.29, 0.717) is 5.36 Å². The van der Waals surface area contributed by atoms with Crippen molar-refractivity contribution in [3.63, 3.8) is 0 Å². The molecule has 0 saturated carbocycles. The molecule has 2 rings (SSSR count). The molecule has 70 valence electrons. The van der Waals surface area contributed by atoms with Gasteiger partial charge < -0.3 is 0 Å². The van der Waals surface area contributed by atoms with Crippen LogP contribution in [0.15, 0.2) is 42.7 Å². The molecule has 0 aliphatic rings. The van der Waals surface area contributed by atoms with Gasteiger partial charge in [0.15, 0.2) is 0 Å². The molecule has 14 heavy (non-hydrogen) atoms. The summed E-state index contributed by atoms with van der Waals surface area (Å²) in [6.07, 6.45) is 3.31. The van der Waals surface area contributed by atoms with E-state index in [4.69, 9.17) is 5.41 Å². The molecule has 0 amide bonds. The van der Waals surface area contributed by atoms with Crippen molar-refractivity contribution in [2.45, 2.75) is 6.92 Å². The van der Waals surface area contributed by atoms with Gasteiger partial charge in [-0.1, -0.05) is 17.7 Å². The molecule has 0 radical (unpaired) electrons. The predicted molar refractivity (Wildman–Crippen MR) is 54.2 cm³/mol. The van der Waals surface area contributed by atoms with Crippen molar-refractivity contribution in [1.82, 2.24) is 9.78 Å². The number of nitrogens with one attached hydrogen (secondary N) is 1. The van der Waals surface area contributed by atoms with Gasteiger partial charge in [0.05, 0.1) is 17.2 Å². The summed E-state index contributed by atoms with van der Waals surface area (Å²) >= 11 is 0. The first-order valence-corrected chi connectivity index (χ1v) is 4.42. The summed E-state index contributed by atoms with van der Waals surface area (Å²) in [4.78, 5) is 0. The van der Waals surface area contributed by atoms with Gasteiger partial charge in [-0.2, -0.15) is 5.10 Å². The molecule has 0 atom stereocenters. The highest BCUT2D eigenvalue weighted by Crippen LogP contribution is 2.06. The molecule has 0 bridgehead atoms. The Morgan fingerprint density at radius 2 is 1.86 bits per heavy atom. The molecule has 3 heteroatoms. The van der Waals surface area contributed by atoms with Gasteiger partial charge in [-0.15, -0.1) is 0 Å². The molecule has 1 aromatic heterocycles. The quantitative estimate of drug-likeness (QED) is 0.721. The number of benzene rings is 1. The summed E-state index contributed by atoms with van der Waals surface area (Å²) in [5, 5.41) is 11.8. The van der Waals surface area contributed by atoms with E-state index < -0.39 is 0 Å². The SMILES string of the molecule is Cc1ccc(-n2ccc(=N)cn2)cc1. The molecular weight excluding hydrogens is 174 g/mol. The van der Waals surface area contributed by atoms with E-state index in [1.807, 2.05) is 24.3 Å². The third kappa shape index (κ3) is 1.71. The minimum atomic E-state index is 0.424. The fourth-order valence-electron chi connectivity index (χ4n) is 1.21. The number of aromatic nitrogens is 2. The Morgan fingerprint density at radius 3 is 2.43 bits per heavy atom. The van der Waals surface area contributed by atoms with E-state index in [0.717, 1.165) is 5.69 Å². The molecule has 0 saturated heterocycles. The van der Waals surface area contributed by atoms with Crippen molar-refractivity contribution in [2.75, 3.05) is 0 Å². The van der Waals surface area contributed by atoms with Crippen LogP contribution in [0.3, 0.4) is 0 Å². The molecule has 0 aliphatic heterocycles. The van der Waals surface area contributed by atoms with Gasteiger partial charge in [-0.25, -0.2) is 4.68 Å². The smallest absolute Gasteiger partial charge is 0.0756 e. The highest BCUT2D eigenvalue weighted by molar-refractivity contribution is 5.32. The fourth-order valence-corrected chi connectivity index (χ4v) is 1.21. The lowest BCUT2D eigenvalue weighted by molar-refractivity contribution is 0.828. The second-order valence-corrected chi connectivity index (χ2v) is 3.20. The van der Waals surface area contributed by atoms with Crippen molar-refractivity contribution in [1.29, 1.82) is 5.41 Å². The van der Waals surface area contributed by atoms with Crippen molar-refractivity contribution < 1.29 is 0 Å². The number of hydrogen-bond donors (Lipinski definition) is 1. The topological polar surface area (TPSA) is 41.7 Å². The Balaban J connectivity index is 2.44. The number of hydrogen-bond acceptors (Lipinski definition) is 2. The van der Waals surface area contributed by atoms with E-state index >= 15 is 0 Å². The normalized spacial score (nSPS) is 10.1. The largest absolute Gasteiger partial charge is 0.299 e. The molecule has 1 aromatic carbocycles. The first-order chi connectivity index (χ1) is 6.75. The zero-order valence-electron chi connectivity index (χ0n) is 7.94. The Labute approximate surface area is 82.2 Å². The summed E-state index contributed by atoms with van der Waals surface area (Å²) in [7, 11) is 0. The van der Waals surface area contributed by atoms with Crippen LogP contribution in [-0.2, 0) is 0 Å². The third-order valence-corrected chi connectivity index (χ3v) is 2.02. The summed E-state index contributed by atoms with van der Waals surface area (Å²) < 4.78 is 1.75. The van der Waals surface area contributed by atoms with Gasteiger partial charge in [0.1, 0.15) is 0 Å². The van der Waals surface area contributed by atoms with Crippen molar-refractivity contribution in [3.05, 3.63) is 53.6 Å². The summed E-state index contributed by atoms with van der Waals surface area (Å²) in [5.41, 5.74) is 2.24.